The highest BCUT2D eigenvalue weighted by atomic mass is 35.5. The van der Waals surface area contributed by atoms with Crippen molar-refractivity contribution in [2.24, 2.45) is 5.92 Å². The Morgan fingerprint density at radius 1 is 1.06 bits per heavy atom. The van der Waals surface area contributed by atoms with Crippen molar-refractivity contribution in [3.8, 4) is 5.69 Å². The Kier molecular flexibility index (Phi) is 8.47. The van der Waals surface area contributed by atoms with Crippen LogP contribution in [0.15, 0.2) is 53.7 Å². The lowest BCUT2D eigenvalue weighted by Crippen LogP contribution is -2.23. The number of Topliss-reactive ketones (excluding diaryl/α,β-unsaturated/α-hetero) is 1. The summed E-state index contributed by atoms with van der Waals surface area (Å²) < 4.78 is 1.90. The predicted octanol–water partition coefficient (Wildman–Crippen LogP) is 4.77. The minimum absolute atomic E-state index is 0.0385. The molecule has 0 atom stereocenters. The molecule has 3 aromatic rings. The minimum Gasteiger partial charge on any atom is -0.356 e. The third-order valence-corrected chi connectivity index (χ3v) is 5.94. The second-order valence-corrected chi connectivity index (χ2v) is 9.33. The van der Waals surface area contributed by atoms with Crippen LogP contribution in [0.5, 0.6) is 0 Å². The van der Waals surface area contributed by atoms with Gasteiger partial charge in [-0.1, -0.05) is 61.5 Å². The van der Waals surface area contributed by atoms with Gasteiger partial charge in [0.05, 0.1) is 5.75 Å². The maximum Gasteiger partial charge on any atom is 0.216 e. The topological polar surface area (TPSA) is 76.9 Å². The van der Waals surface area contributed by atoms with Gasteiger partial charge in [0, 0.05) is 36.2 Å². The summed E-state index contributed by atoms with van der Waals surface area (Å²) in [5.74, 6) is 1.47. The van der Waals surface area contributed by atoms with Crippen LogP contribution in [0.2, 0.25) is 5.02 Å². The lowest BCUT2D eigenvalue weighted by molar-refractivity contribution is -0.118. The predicted molar refractivity (Wildman–Crippen MR) is 129 cm³/mol. The summed E-state index contributed by atoms with van der Waals surface area (Å²) >= 11 is 7.39. The number of thioether (sulfide) groups is 1. The zero-order valence-corrected chi connectivity index (χ0v) is 20.0. The van der Waals surface area contributed by atoms with Crippen LogP contribution in [0.25, 0.3) is 5.69 Å². The molecule has 0 spiro atoms. The Hall–Kier alpha value is -2.64. The van der Waals surface area contributed by atoms with Crippen molar-refractivity contribution in [1.82, 2.24) is 20.1 Å². The van der Waals surface area contributed by atoms with E-state index in [1.807, 2.05) is 41.0 Å². The molecule has 0 aliphatic rings. The van der Waals surface area contributed by atoms with E-state index in [4.69, 9.17) is 11.6 Å². The van der Waals surface area contributed by atoms with Gasteiger partial charge in [0.2, 0.25) is 5.91 Å². The van der Waals surface area contributed by atoms with Gasteiger partial charge in [-0.3, -0.25) is 14.2 Å². The maximum atomic E-state index is 12.8. The van der Waals surface area contributed by atoms with Gasteiger partial charge in [-0.2, -0.15) is 0 Å². The van der Waals surface area contributed by atoms with Crippen LogP contribution in [-0.4, -0.2) is 38.8 Å². The summed E-state index contributed by atoms with van der Waals surface area (Å²) in [6.07, 6.45) is 1.51. The SMILES string of the molecule is CC(=O)NCCc1nnc(SCC(=O)c2ccc(CC(C)C)cc2)n1-c1ccc(Cl)cc1. The quantitative estimate of drug-likeness (QED) is 0.341. The third-order valence-electron chi connectivity index (χ3n) is 4.76. The summed E-state index contributed by atoms with van der Waals surface area (Å²) in [4.78, 5) is 24.0. The highest BCUT2D eigenvalue weighted by molar-refractivity contribution is 7.99. The fourth-order valence-corrected chi connectivity index (χ4v) is 4.26. The Balaban J connectivity index is 1.75. The summed E-state index contributed by atoms with van der Waals surface area (Å²) in [5.41, 5.74) is 2.77. The molecule has 1 heterocycles. The van der Waals surface area contributed by atoms with Crippen LogP contribution in [0.1, 0.15) is 42.5 Å². The highest BCUT2D eigenvalue weighted by Gasteiger charge is 2.17. The number of carbonyl (C=O) groups excluding carboxylic acids is 2. The van der Waals surface area contributed by atoms with Crippen LogP contribution in [0.3, 0.4) is 0 Å². The van der Waals surface area contributed by atoms with Gasteiger partial charge >= 0.3 is 0 Å². The van der Waals surface area contributed by atoms with Crippen molar-refractivity contribution in [2.75, 3.05) is 12.3 Å². The fourth-order valence-electron chi connectivity index (χ4n) is 3.27. The van der Waals surface area contributed by atoms with Crippen molar-refractivity contribution in [2.45, 2.75) is 38.8 Å². The first-order chi connectivity index (χ1) is 15.3. The number of aromatic nitrogens is 3. The summed E-state index contributed by atoms with van der Waals surface area (Å²) in [5, 5.41) is 12.6. The molecule has 0 saturated heterocycles. The van der Waals surface area contributed by atoms with Crippen molar-refractivity contribution in [3.05, 3.63) is 70.5 Å². The number of hydrogen-bond acceptors (Lipinski definition) is 5. The average Bonchev–Trinajstić information content (AvgIpc) is 3.15. The molecule has 0 saturated carbocycles. The van der Waals surface area contributed by atoms with E-state index in [0.717, 1.165) is 12.1 Å². The van der Waals surface area contributed by atoms with Gasteiger partial charge in [-0.05, 0) is 42.2 Å². The Labute approximate surface area is 197 Å². The highest BCUT2D eigenvalue weighted by Crippen LogP contribution is 2.24. The van der Waals surface area contributed by atoms with Gasteiger partial charge in [0.25, 0.3) is 0 Å². The molecule has 0 aliphatic carbocycles. The van der Waals surface area contributed by atoms with Crippen molar-refractivity contribution in [1.29, 1.82) is 0 Å². The molecule has 6 nitrogen and oxygen atoms in total. The smallest absolute Gasteiger partial charge is 0.216 e. The first-order valence-electron chi connectivity index (χ1n) is 10.5. The number of nitrogens with zero attached hydrogens (tertiary/aromatic N) is 3. The lowest BCUT2D eigenvalue weighted by atomic mass is 10.0. The Bertz CT molecular complexity index is 1060. The van der Waals surface area contributed by atoms with E-state index in [1.165, 1.54) is 24.2 Å². The summed E-state index contributed by atoms with van der Waals surface area (Å²) in [6, 6.07) is 15.2. The van der Waals surface area contributed by atoms with Gasteiger partial charge in [-0.15, -0.1) is 10.2 Å². The lowest BCUT2D eigenvalue weighted by Gasteiger charge is -2.11. The zero-order valence-electron chi connectivity index (χ0n) is 18.5. The monoisotopic (exact) mass is 470 g/mol. The molecular formula is C24H27ClN4O2S. The van der Waals surface area contributed by atoms with Crippen LogP contribution < -0.4 is 5.32 Å². The van der Waals surface area contributed by atoms with E-state index in [2.05, 4.69) is 29.4 Å². The van der Waals surface area contributed by atoms with Gasteiger partial charge in [0.1, 0.15) is 5.82 Å². The van der Waals surface area contributed by atoms with Crippen LogP contribution in [0.4, 0.5) is 0 Å². The molecule has 0 bridgehead atoms. The van der Waals surface area contributed by atoms with Crippen LogP contribution >= 0.6 is 23.4 Å². The van der Waals surface area contributed by atoms with Gasteiger partial charge in [0.15, 0.2) is 10.9 Å². The Morgan fingerprint density at radius 2 is 1.75 bits per heavy atom. The first kappa shape index (κ1) is 24.0. The van der Waals surface area contributed by atoms with E-state index in [9.17, 15) is 9.59 Å². The van der Waals surface area contributed by atoms with Crippen molar-refractivity contribution in [3.63, 3.8) is 0 Å². The molecule has 168 valence electrons. The molecule has 0 unspecified atom stereocenters. The van der Waals surface area contributed by atoms with E-state index >= 15 is 0 Å². The van der Waals surface area contributed by atoms with E-state index in [0.29, 0.717) is 40.5 Å². The molecule has 3 rings (SSSR count). The van der Waals surface area contributed by atoms with Gasteiger partial charge < -0.3 is 5.32 Å². The fraction of sp³-hybridized carbons (Fsp3) is 0.333. The second-order valence-electron chi connectivity index (χ2n) is 7.95. The molecule has 1 amide bonds. The number of amides is 1. The molecule has 1 N–H and O–H groups in total. The Morgan fingerprint density at radius 3 is 2.38 bits per heavy atom. The van der Waals surface area contributed by atoms with Crippen molar-refractivity contribution >= 4 is 35.1 Å². The summed E-state index contributed by atoms with van der Waals surface area (Å²) in [6.45, 7) is 6.29. The maximum absolute atomic E-state index is 12.8. The number of ketones is 1. The van der Waals surface area contributed by atoms with Gasteiger partial charge in [-0.25, -0.2) is 0 Å². The van der Waals surface area contributed by atoms with E-state index in [-0.39, 0.29) is 17.4 Å². The molecule has 1 aromatic heterocycles. The first-order valence-corrected chi connectivity index (χ1v) is 11.9. The number of benzene rings is 2. The summed E-state index contributed by atoms with van der Waals surface area (Å²) in [7, 11) is 0. The molecule has 0 fully saturated rings. The number of nitrogens with one attached hydrogen (secondary N) is 1. The minimum atomic E-state index is -0.0952. The van der Waals surface area contributed by atoms with Crippen LogP contribution in [-0.2, 0) is 17.6 Å². The average molecular weight is 471 g/mol. The normalized spacial score (nSPS) is 11.0. The number of rotatable bonds is 10. The molecule has 0 aliphatic heterocycles. The van der Waals surface area contributed by atoms with Crippen LogP contribution in [0, 0.1) is 5.92 Å². The molecular weight excluding hydrogens is 444 g/mol. The largest absolute Gasteiger partial charge is 0.356 e. The van der Waals surface area contributed by atoms with E-state index in [1.54, 1.807) is 12.1 Å². The molecule has 8 heteroatoms. The molecule has 0 radical (unpaired) electrons. The molecule has 2 aromatic carbocycles. The second kappa shape index (κ2) is 11.3. The standard InChI is InChI=1S/C24H27ClN4O2S/c1-16(2)14-18-4-6-19(7-5-18)22(31)15-32-24-28-27-23(12-13-26-17(3)30)29(24)21-10-8-20(25)9-11-21/h4-11,16H,12-15H2,1-3H3,(H,26,30). The molecule has 32 heavy (non-hydrogen) atoms. The zero-order chi connectivity index (χ0) is 23.1. The van der Waals surface area contributed by atoms with Crippen molar-refractivity contribution < 1.29 is 9.59 Å². The third kappa shape index (κ3) is 6.68. The van der Waals surface area contributed by atoms with E-state index < -0.39 is 0 Å². The number of halogens is 1. The number of carbonyl (C=O) groups is 2. The number of hydrogen-bond donors (Lipinski definition) is 1.